The Kier molecular flexibility index (Phi) is 4.87. The Morgan fingerprint density at radius 1 is 1.06 bits per heavy atom. The van der Waals surface area contributed by atoms with E-state index in [1.165, 1.54) is 19.1 Å². The number of hydrogen-bond donors (Lipinski definition) is 1. The molecule has 2 aromatic carbocycles. The highest BCUT2D eigenvalue weighted by Crippen LogP contribution is 2.42. The summed E-state index contributed by atoms with van der Waals surface area (Å²) in [5, 5.41) is 4.07. The van der Waals surface area contributed by atoms with Gasteiger partial charge in [-0.25, -0.2) is 4.98 Å². The lowest BCUT2D eigenvalue weighted by atomic mass is 9.72. The van der Waals surface area contributed by atoms with E-state index in [-0.39, 0.29) is 5.54 Å². The predicted octanol–water partition coefficient (Wildman–Crippen LogP) is 4.54. The fraction of sp³-hybridized carbons (Fsp3) is 0.280. The highest BCUT2D eigenvalue weighted by Gasteiger charge is 2.34. The van der Waals surface area contributed by atoms with E-state index >= 15 is 0 Å². The highest BCUT2D eigenvalue weighted by molar-refractivity contribution is 6.02. The van der Waals surface area contributed by atoms with E-state index in [4.69, 9.17) is 20.3 Å². The summed E-state index contributed by atoms with van der Waals surface area (Å²) in [6.45, 7) is 0.309. The molecule has 0 saturated heterocycles. The average molecular weight is 415 g/mol. The molecule has 0 spiro atoms. The van der Waals surface area contributed by atoms with Crippen LogP contribution in [0.5, 0.6) is 5.88 Å². The number of nitrogens with two attached hydrogens (primary N) is 1. The largest absolute Gasteiger partial charge is 0.468 e. The fourth-order valence-corrected chi connectivity index (χ4v) is 4.26. The zero-order valence-electron chi connectivity index (χ0n) is 17.8. The van der Waals surface area contributed by atoms with Crippen LogP contribution in [0, 0.1) is 0 Å². The van der Waals surface area contributed by atoms with Crippen LogP contribution in [0.15, 0.2) is 65.8 Å². The third kappa shape index (κ3) is 3.43. The van der Waals surface area contributed by atoms with Crippen molar-refractivity contribution in [2.75, 3.05) is 25.7 Å². The molecule has 2 heterocycles. The fourth-order valence-electron chi connectivity index (χ4n) is 4.26. The molecule has 1 saturated carbocycles. The molecule has 2 N–H and O–H groups in total. The second kappa shape index (κ2) is 7.71. The lowest BCUT2D eigenvalue weighted by Crippen LogP contribution is -2.43. The van der Waals surface area contributed by atoms with Crippen LogP contribution < -0.4 is 15.4 Å². The van der Waals surface area contributed by atoms with Gasteiger partial charge in [-0.1, -0.05) is 59.8 Å². The molecule has 158 valence electrons. The van der Waals surface area contributed by atoms with Crippen molar-refractivity contribution < 1.29 is 9.57 Å². The summed E-state index contributed by atoms with van der Waals surface area (Å²) < 4.78 is 5.93. The first-order chi connectivity index (χ1) is 15.1. The van der Waals surface area contributed by atoms with Crippen molar-refractivity contribution in [1.29, 1.82) is 0 Å². The summed E-state index contributed by atoms with van der Waals surface area (Å²) in [6.07, 6.45) is 3.29. The van der Waals surface area contributed by atoms with Crippen molar-refractivity contribution in [2.24, 2.45) is 10.9 Å². The molecular formula is C25H26N4O2. The van der Waals surface area contributed by atoms with E-state index in [1.54, 1.807) is 0 Å². The molecule has 1 fully saturated rings. The van der Waals surface area contributed by atoms with Crippen LogP contribution in [0.3, 0.4) is 0 Å². The maximum atomic E-state index is 6.52. The number of amidine groups is 1. The molecule has 0 atom stereocenters. The van der Waals surface area contributed by atoms with Crippen LogP contribution in [0.2, 0.25) is 0 Å². The first kappa shape index (κ1) is 19.6. The van der Waals surface area contributed by atoms with Crippen LogP contribution >= 0.6 is 0 Å². The zero-order chi connectivity index (χ0) is 21.4. The normalized spacial score (nSPS) is 18.2. The lowest BCUT2D eigenvalue weighted by Gasteiger charge is -2.38. The van der Waals surface area contributed by atoms with Gasteiger partial charge in [0.15, 0.2) is 12.4 Å². The van der Waals surface area contributed by atoms with Gasteiger partial charge in [-0.3, -0.25) is 0 Å². The SMILES string of the molecule is CO/N=C1/COc2nc(-c3ccc(C4(N)CCC4)cc3)c(-c3ccccc3)cc2N1C. The molecule has 3 aromatic rings. The van der Waals surface area contributed by atoms with Gasteiger partial charge in [0, 0.05) is 23.7 Å². The first-order valence-electron chi connectivity index (χ1n) is 10.6. The van der Waals surface area contributed by atoms with Gasteiger partial charge >= 0.3 is 0 Å². The number of nitrogens with zero attached hydrogens (tertiary/aromatic N) is 3. The van der Waals surface area contributed by atoms with Gasteiger partial charge in [0.05, 0.1) is 5.69 Å². The number of anilines is 1. The number of oxime groups is 1. The van der Waals surface area contributed by atoms with Gasteiger partial charge in [-0.15, -0.1) is 0 Å². The number of likely N-dealkylation sites (N-methyl/N-ethyl adjacent to an activating group) is 1. The third-order valence-corrected chi connectivity index (χ3v) is 6.32. The second-order valence-electron chi connectivity index (χ2n) is 8.20. The van der Waals surface area contributed by atoms with Crippen molar-refractivity contribution in [3.05, 3.63) is 66.2 Å². The van der Waals surface area contributed by atoms with Gasteiger partial charge in [-0.2, -0.15) is 0 Å². The number of benzene rings is 2. The summed E-state index contributed by atoms with van der Waals surface area (Å²) in [5.41, 5.74) is 12.4. The van der Waals surface area contributed by atoms with Crippen LogP contribution in [-0.4, -0.2) is 31.6 Å². The monoisotopic (exact) mass is 414 g/mol. The minimum absolute atomic E-state index is 0.174. The Balaban J connectivity index is 1.62. The van der Waals surface area contributed by atoms with Gasteiger partial charge in [-0.05, 0) is 36.5 Å². The van der Waals surface area contributed by atoms with E-state index in [2.05, 4.69) is 47.6 Å². The van der Waals surface area contributed by atoms with Gasteiger partial charge in [0.1, 0.15) is 12.8 Å². The Hall–Kier alpha value is -3.38. The van der Waals surface area contributed by atoms with Crippen molar-refractivity contribution in [3.8, 4) is 28.3 Å². The molecule has 31 heavy (non-hydrogen) atoms. The number of pyridine rings is 1. The molecule has 6 heteroatoms. The topological polar surface area (TPSA) is 73.0 Å². The lowest BCUT2D eigenvalue weighted by molar-refractivity contribution is 0.208. The van der Waals surface area contributed by atoms with Crippen molar-refractivity contribution in [3.63, 3.8) is 0 Å². The highest BCUT2D eigenvalue weighted by atomic mass is 16.6. The smallest absolute Gasteiger partial charge is 0.239 e. The van der Waals surface area contributed by atoms with Crippen LogP contribution in [0.25, 0.3) is 22.4 Å². The number of hydrogen-bond acceptors (Lipinski definition) is 5. The Bertz CT molecular complexity index is 1120. The van der Waals surface area contributed by atoms with Crippen molar-refractivity contribution in [1.82, 2.24) is 4.98 Å². The number of aromatic nitrogens is 1. The molecule has 0 bridgehead atoms. The van der Waals surface area contributed by atoms with Crippen LogP contribution in [0.1, 0.15) is 24.8 Å². The van der Waals surface area contributed by atoms with E-state index in [9.17, 15) is 0 Å². The summed E-state index contributed by atoms with van der Waals surface area (Å²) in [7, 11) is 3.48. The summed E-state index contributed by atoms with van der Waals surface area (Å²) >= 11 is 0. The Labute approximate surface area is 182 Å². The minimum atomic E-state index is -0.174. The van der Waals surface area contributed by atoms with E-state index < -0.39 is 0 Å². The standard InChI is InChI=1S/C25H26N4O2/c1-29-21-15-20(17-7-4-3-5-8-17)23(27-24(21)31-16-22(29)28-30-2)18-9-11-19(12-10-18)25(26)13-6-14-25/h3-5,7-12,15H,6,13-14,16,26H2,1-2H3/b28-22-. The number of ether oxygens (including phenoxy) is 1. The maximum Gasteiger partial charge on any atom is 0.239 e. The third-order valence-electron chi connectivity index (χ3n) is 6.32. The molecule has 2 aliphatic rings. The molecule has 5 rings (SSSR count). The van der Waals surface area contributed by atoms with Gasteiger partial charge in [0.2, 0.25) is 5.88 Å². The van der Waals surface area contributed by atoms with E-state index in [0.29, 0.717) is 18.3 Å². The number of fused-ring (bicyclic) bond motifs is 1. The molecule has 6 nitrogen and oxygen atoms in total. The molecule has 1 aliphatic heterocycles. The quantitative estimate of drug-likeness (QED) is 0.635. The molecular weight excluding hydrogens is 388 g/mol. The molecule has 1 aromatic heterocycles. The molecule has 0 unspecified atom stereocenters. The average Bonchev–Trinajstić information content (AvgIpc) is 2.79. The zero-order valence-corrected chi connectivity index (χ0v) is 17.8. The van der Waals surface area contributed by atoms with E-state index in [1.807, 2.05) is 30.1 Å². The molecule has 0 amide bonds. The van der Waals surface area contributed by atoms with Gasteiger partial charge < -0.3 is 20.2 Å². The molecule has 1 aliphatic carbocycles. The second-order valence-corrected chi connectivity index (χ2v) is 8.20. The van der Waals surface area contributed by atoms with Crippen molar-refractivity contribution >= 4 is 11.5 Å². The van der Waals surface area contributed by atoms with E-state index in [0.717, 1.165) is 40.9 Å². The maximum absolute atomic E-state index is 6.52. The molecule has 0 radical (unpaired) electrons. The van der Waals surface area contributed by atoms with Crippen LogP contribution in [-0.2, 0) is 10.4 Å². The summed E-state index contributed by atoms with van der Waals surface area (Å²) in [6, 6.07) is 20.9. The minimum Gasteiger partial charge on any atom is -0.468 e. The van der Waals surface area contributed by atoms with Gasteiger partial charge in [0.25, 0.3) is 0 Å². The van der Waals surface area contributed by atoms with Crippen molar-refractivity contribution in [2.45, 2.75) is 24.8 Å². The number of rotatable bonds is 4. The Morgan fingerprint density at radius 2 is 1.81 bits per heavy atom. The predicted molar refractivity (Wildman–Crippen MR) is 123 cm³/mol. The van der Waals surface area contributed by atoms with Crippen LogP contribution in [0.4, 0.5) is 5.69 Å². The summed E-state index contributed by atoms with van der Waals surface area (Å²) in [4.78, 5) is 11.9. The first-order valence-corrected chi connectivity index (χ1v) is 10.6. The Morgan fingerprint density at radius 3 is 2.45 bits per heavy atom. The summed E-state index contributed by atoms with van der Waals surface area (Å²) in [5.74, 6) is 1.28.